The molecule has 0 unspecified atom stereocenters. The maximum Gasteiger partial charge on any atom is 0.340 e. The van der Waals surface area contributed by atoms with E-state index in [1.165, 1.54) is 13.8 Å². The van der Waals surface area contributed by atoms with Gasteiger partial charge in [0.25, 0.3) is 0 Å². The Kier molecular flexibility index (Phi) is 3.91. The van der Waals surface area contributed by atoms with Crippen molar-refractivity contribution in [3.8, 4) is 0 Å². The Bertz CT molecular complexity index is 218. The Morgan fingerprint density at radius 1 is 1.42 bits per heavy atom. The molecule has 0 atom stereocenters. The molecule has 6 heteroatoms. The van der Waals surface area contributed by atoms with Crippen molar-refractivity contribution < 1.29 is 19.1 Å². The van der Waals surface area contributed by atoms with Crippen molar-refractivity contribution in [3.05, 3.63) is 0 Å². The molecule has 0 spiro atoms. The summed E-state index contributed by atoms with van der Waals surface area (Å²) in [6, 6.07) is 0. The average Bonchev–Trinajstić information content (AvgIpc) is 1.87. The standard InChI is InChI=1S/C6H12ClO4P/c1-3-6(4-2,5(7)8)12(9,10)11/h3-4H2,1-2H3,(H2,9,10,11). The molecule has 0 rings (SSSR count). The minimum absolute atomic E-state index is 0.0517. The molecule has 0 radical (unpaired) electrons. The highest BCUT2D eigenvalue weighted by Crippen LogP contribution is 2.55. The predicted octanol–water partition coefficient (Wildman–Crippen LogP) is 1.49. The van der Waals surface area contributed by atoms with E-state index in [4.69, 9.17) is 21.4 Å². The first-order chi connectivity index (χ1) is 5.31. The fourth-order valence-electron chi connectivity index (χ4n) is 1.05. The van der Waals surface area contributed by atoms with Gasteiger partial charge in [0.15, 0.2) is 0 Å². The number of hydrogen-bond donors (Lipinski definition) is 2. The van der Waals surface area contributed by atoms with Gasteiger partial charge >= 0.3 is 7.60 Å². The molecule has 72 valence electrons. The Morgan fingerprint density at radius 3 is 1.75 bits per heavy atom. The number of carbonyl (C=O) groups excluding carboxylic acids is 1. The van der Waals surface area contributed by atoms with Crippen LogP contribution in [-0.2, 0) is 9.36 Å². The quantitative estimate of drug-likeness (QED) is 0.549. The molecule has 0 bridgehead atoms. The van der Waals surface area contributed by atoms with Gasteiger partial charge in [0, 0.05) is 0 Å². The Labute approximate surface area is 76.1 Å². The predicted molar refractivity (Wildman–Crippen MR) is 46.2 cm³/mol. The van der Waals surface area contributed by atoms with E-state index in [-0.39, 0.29) is 12.8 Å². The highest BCUT2D eigenvalue weighted by Gasteiger charge is 2.49. The van der Waals surface area contributed by atoms with Crippen LogP contribution >= 0.6 is 19.2 Å². The first kappa shape index (κ1) is 12.1. The lowest BCUT2D eigenvalue weighted by molar-refractivity contribution is -0.114. The van der Waals surface area contributed by atoms with E-state index < -0.39 is 18.0 Å². The largest absolute Gasteiger partial charge is 0.340 e. The van der Waals surface area contributed by atoms with E-state index in [1.807, 2.05) is 0 Å². The van der Waals surface area contributed by atoms with E-state index in [0.29, 0.717) is 0 Å². The molecule has 0 aromatic heterocycles. The van der Waals surface area contributed by atoms with Gasteiger partial charge in [-0.1, -0.05) is 13.8 Å². The molecule has 0 aromatic rings. The Hall–Kier alpha value is 0.110. The van der Waals surface area contributed by atoms with Crippen LogP contribution in [0.4, 0.5) is 0 Å². The van der Waals surface area contributed by atoms with E-state index in [0.717, 1.165) is 0 Å². The summed E-state index contributed by atoms with van der Waals surface area (Å²) in [5.74, 6) is 0. The van der Waals surface area contributed by atoms with Crippen LogP contribution < -0.4 is 0 Å². The molecule has 0 saturated carbocycles. The molecule has 0 aliphatic carbocycles. The zero-order valence-corrected chi connectivity index (χ0v) is 8.60. The number of rotatable bonds is 4. The first-order valence-electron chi connectivity index (χ1n) is 3.57. The summed E-state index contributed by atoms with van der Waals surface area (Å²) >= 11 is 5.15. The Morgan fingerprint density at radius 2 is 1.75 bits per heavy atom. The summed E-state index contributed by atoms with van der Waals surface area (Å²) in [6.07, 6.45) is 0.103. The molecular formula is C6H12ClO4P. The highest BCUT2D eigenvalue weighted by atomic mass is 35.5. The molecule has 0 heterocycles. The van der Waals surface area contributed by atoms with Gasteiger partial charge in [-0.15, -0.1) is 0 Å². The molecule has 4 nitrogen and oxygen atoms in total. The van der Waals surface area contributed by atoms with Crippen LogP contribution in [0.5, 0.6) is 0 Å². The number of halogens is 1. The molecule has 12 heavy (non-hydrogen) atoms. The van der Waals surface area contributed by atoms with Crippen LogP contribution in [0.2, 0.25) is 0 Å². The number of hydrogen-bond acceptors (Lipinski definition) is 2. The minimum Gasteiger partial charge on any atom is -0.324 e. The lowest BCUT2D eigenvalue weighted by Gasteiger charge is -2.27. The molecule has 0 aliphatic heterocycles. The summed E-state index contributed by atoms with van der Waals surface area (Å²) in [4.78, 5) is 28.7. The topological polar surface area (TPSA) is 74.6 Å². The van der Waals surface area contributed by atoms with Crippen LogP contribution in [-0.4, -0.2) is 20.2 Å². The van der Waals surface area contributed by atoms with Crippen molar-refractivity contribution in [3.63, 3.8) is 0 Å². The van der Waals surface area contributed by atoms with Gasteiger partial charge in [-0.05, 0) is 24.4 Å². The van der Waals surface area contributed by atoms with Crippen LogP contribution in [0.15, 0.2) is 0 Å². The highest BCUT2D eigenvalue weighted by molar-refractivity contribution is 7.55. The fourth-order valence-corrected chi connectivity index (χ4v) is 2.70. The van der Waals surface area contributed by atoms with Gasteiger partial charge < -0.3 is 9.79 Å². The van der Waals surface area contributed by atoms with Gasteiger partial charge in [0.1, 0.15) is 5.16 Å². The second-order valence-corrected chi connectivity index (χ2v) is 4.84. The molecule has 0 aliphatic rings. The lowest BCUT2D eigenvalue weighted by atomic mass is 10.0. The summed E-state index contributed by atoms with van der Waals surface area (Å²) in [5, 5.41) is -2.64. The minimum atomic E-state index is -4.44. The molecular weight excluding hydrogens is 202 g/mol. The van der Waals surface area contributed by atoms with Gasteiger partial charge in [0.2, 0.25) is 5.24 Å². The summed E-state index contributed by atoms with van der Waals surface area (Å²) in [7, 11) is -4.44. The third-order valence-electron chi connectivity index (χ3n) is 2.09. The first-order valence-corrected chi connectivity index (χ1v) is 5.56. The normalized spacial score (nSPS) is 13.1. The second kappa shape index (κ2) is 3.88. The van der Waals surface area contributed by atoms with Crippen molar-refractivity contribution in [1.82, 2.24) is 0 Å². The smallest absolute Gasteiger partial charge is 0.324 e. The van der Waals surface area contributed by atoms with Crippen LogP contribution in [0.1, 0.15) is 26.7 Å². The van der Waals surface area contributed by atoms with E-state index in [2.05, 4.69) is 0 Å². The maximum absolute atomic E-state index is 10.9. The molecule has 2 N–H and O–H groups in total. The third kappa shape index (κ3) is 1.88. The van der Waals surface area contributed by atoms with Crippen molar-refractivity contribution >= 4 is 24.4 Å². The summed E-state index contributed by atoms with van der Waals surface area (Å²) in [5.41, 5.74) is 0. The van der Waals surface area contributed by atoms with E-state index in [9.17, 15) is 9.36 Å². The molecule has 0 saturated heterocycles. The van der Waals surface area contributed by atoms with E-state index in [1.54, 1.807) is 0 Å². The van der Waals surface area contributed by atoms with Crippen molar-refractivity contribution in [2.45, 2.75) is 31.8 Å². The Balaban J connectivity index is 5.12. The zero-order chi connectivity index (χ0) is 9.99. The lowest BCUT2D eigenvalue weighted by Crippen LogP contribution is -2.33. The van der Waals surface area contributed by atoms with Gasteiger partial charge in [0.05, 0.1) is 0 Å². The average molecular weight is 215 g/mol. The van der Waals surface area contributed by atoms with E-state index >= 15 is 0 Å². The van der Waals surface area contributed by atoms with Crippen LogP contribution in [0.3, 0.4) is 0 Å². The van der Waals surface area contributed by atoms with Crippen LogP contribution in [0, 0.1) is 0 Å². The molecule has 0 fully saturated rings. The summed E-state index contributed by atoms with van der Waals surface area (Å²) in [6.45, 7) is 3.06. The van der Waals surface area contributed by atoms with Gasteiger partial charge in [-0.25, -0.2) is 0 Å². The third-order valence-corrected chi connectivity index (χ3v) is 4.54. The summed E-state index contributed by atoms with van der Waals surface area (Å²) < 4.78 is 10.9. The SMILES string of the molecule is CCC(CC)(C(=O)Cl)P(=O)(O)O. The molecule has 0 amide bonds. The monoisotopic (exact) mass is 214 g/mol. The molecule has 0 aromatic carbocycles. The van der Waals surface area contributed by atoms with Gasteiger partial charge in [-0.3, -0.25) is 9.36 Å². The van der Waals surface area contributed by atoms with Crippen molar-refractivity contribution in [2.75, 3.05) is 0 Å². The van der Waals surface area contributed by atoms with Gasteiger partial charge in [-0.2, -0.15) is 0 Å². The van der Waals surface area contributed by atoms with Crippen LogP contribution in [0.25, 0.3) is 0 Å². The fraction of sp³-hybridized carbons (Fsp3) is 0.833. The maximum atomic E-state index is 10.9. The number of carbonyl (C=O) groups is 1. The van der Waals surface area contributed by atoms with Crippen molar-refractivity contribution in [1.29, 1.82) is 0 Å². The zero-order valence-electron chi connectivity index (χ0n) is 6.95. The second-order valence-electron chi connectivity index (χ2n) is 2.56. The van der Waals surface area contributed by atoms with Crippen molar-refractivity contribution in [2.24, 2.45) is 0 Å².